The van der Waals surface area contributed by atoms with E-state index in [0.29, 0.717) is 29.1 Å². The van der Waals surface area contributed by atoms with Crippen LogP contribution in [0.4, 0.5) is 0 Å². The number of aromatic nitrogens is 2. The van der Waals surface area contributed by atoms with Gasteiger partial charge in [-0.1, -0.05) is 60.7 Å². The molecule has 37 heavy (non-hydrogen) atoms. The molecule has 2 heterocycles. The van der Waals surface area contributed by atoms with Gasteiger partial charge in [0, 0.05) is 28.5 Å². The number of hydrogen-bond donors (Lipinski definition) is 1. The summed E-state index contributed by atoms with van der Waals surface area (Å²) < 4.78 is 7.35. The molecule has 1 aliphatic rings. The molecule has 0 fully saturated rings. The number of carboxylic acid groups (broad SMARTS) is 1. The summed E-state index contributed by atoms with van der Waals surface area (Å²) in [4.78, 5) is 38.5. The number of benzene rings is 3. The Hall–Kier alpha value is -4.98. The Morgan fingerprint density at radius 3 is 2.24 bits per heavy atom. The minimum atomic E-state index is -1.27. The highest BCUT2D eigenvalue weighted by molar-refractivity contribution is 6.34. The highest BCUT2D eigenvalue weighted by Gasteiger charge is 2.36. The van der Waals surface area contributed by atoms with Crippen LogP contribution in [0.25, 0.3) is 22.9 Å². The van der Waals surface area contributed by atoms with Gasteiger partial charge in [0.05, 0.1) is 13.7 Å². The van der Waals surface area contributed by atoms with Gasteiger partial charge in [0.2, 0.25) is 0 Å². The first-order valence-corrected chi connectivity index (χ1v) is 11.6. The maximum atomic E-state index is 13.4. The van der Waals surface area contributed by atoms with Crippen molar-refractivity contribution in [3.8, 4) is 17.0 Å². The molecule has 0 bridgehead atoms. The van der Waals surface area contributed by atoms with Crippen LogP contribution in [0.3, 0.4) is 0 Å². The molecule has 5 rings (SSSR count). The van der Waals surface area contributed by atoms with Crippen molar-refractivity contribution in [2.24, 2.45) is 0 Å². The summed E-state index contributed by atoms with van der Waals surface area (Å²) in [6.07, 6.45) is 3.49. The smallest absolute Gasteiger partial charge is 0.323 e. The zero-order valence-corrected chi connectivity index (χ0v) is 20.0. The van der Waals surface area contributed by atoms with Crippen molar-refractivity contribution in [2.75, 3.05) is 13.7 Å². The summed E-state index contributed by atoms with van der Waals surface area (Å²) in [5.41, 5.74) is 3.93. The van der Waals surface area contributed by atoms with Crippen LogP contribution in [0, 0.1) is 0 Å². The Bertz CT molecular complexity index is 1540. The van der Waals surface area contributed by atoms with E-state index in [2.05, 4.69) is 0 Å². The Morgan fingerprint density at radius 1 is 0.892 bits per heavy atom. The van der Waals surface area contributed by atoms with E-state index in [9.17, 15) is 19.5 Å². The number of methoxy groups -OCH3 is 1. The first-order chi connectivity index (χ1) is 18.0. The normalized spacial score (nSPS) is 14.1. The summed E-state index contributed by atoms with van der Waals surface area (Å²) in [6.45, 7) is -0.226. The van der Waals surface area contributed by atoms with E-state index >= 15 is 0 Å². The second kappa shape index (κ2) is 9.94. The van der Waals surface area contributed by atoms with Crippen LogP contribution in [0.1, 0.15) is 27.0 Å². The lowest BCUT2D eigenvalue weighted by atomic mass is 9.91. The van der Waals surface area contributed by atoms with E-state index in [1.807, 2.05) is 60.8 Å². The third kappa shape index (κ3) is 4.64. The molecule has 1 N–H and O–H groups in total. The first kappa shape index (κ1) is 23.7. The van der Waals surface area contributed by atoms with Gasteiger partial charge in [-0.15, -0.1) is 0 Å². The fraction of sp³-hybridized carbons (Fsp3) is 0.103. The van der Waals surface area contributed by atoms with Crippen LogP contribution in [-0.2, 0) is 16.1 Å². The number of fused-ring (bicyclic) bond motifs is 1. The number of carbonyl (C=O) groups excluding carboxylic acids is 2. The Labute approximate surface area is 213 Å². The Morgan fingerprint density at radius 2 is 1.54 bits per heavy atom. The second-order valence-electron chi connectivity index (χ2n) is 8.51. The summed E-state index contributed by atoms with van der Waals surface area (Å²) in [7, 11) is 1.58. The molecule has 0 saturated carbocycles. The number of aliphatic carboxylic acids is 1. The van der Waals surface area contributed by atoms with Crippen LogP contribution >= 0.6 is 0 Å². The van der Waals surface area contributed by atoms with Gasteiger partial charge in [0.1, 0.15) is 18.0 Å². The number of carbonyl (C=O) groups is 3. The molecule has 2 amide bonds. The van der Waals surface area contributed by atoms with Crippen LogP contribution in [0.15, 0.2) is 85.1 Å². The highest BCUT2D eigenvalue weighted by atomic mass is 16.5. The maximum absolute atomic E-state index is 13.4. The van der Waals surface area contributed by atoms with Gasteiger partial charge in [-0.25, -0.2) is 0 Å². The molecular formula is C29H23N3O5. The molecule has 0 unspecified atom stereocenters. The third-order valence-corrected chi connectivity index (χ3v) is 6.10. The van der Waals surface area contributed by atoms with E-state index in [1.165, 1.54) is 0 Å². The summed E-state index contributed by atoms with van der Waals surface area (Å²) in [6, 6.07) is 24.0. The van der Waals surface area contributed by atoms with Crippen LogP contribution < -0.4 is 4.74 Å². The lowest BCUT2D eigenvalue weighted by molar-refractivity contribution is -0.141. The number of carboxylic acids is 1. The number of para-hydroxylation sites is 1. The zero-order valence-electron chi connectivity index (χ0n) is 20.0. The Kier molecular flexibility index (Phi) is 6.38. The van der Waals surface area contributed by atoms with Crippen molar-refractivity contribution in [3.63, 3.8) is 0 Å². The lowest BCUT2D eigenvalue weighted by Gasteiger charge is -2.27. The number of nitrogens with zero attached hydrogens (tertiary/aromatic N) is 3. The maximum Gasteiger partial charge on any atom is 0.323 e. The minimum absolute atomic E-state index is 0.215. The first-order valence-electron chi connectivity index (χ1n) is 11.6. The van der Waals surface area contributed by atoms with Crippen molar-refractivity contribution >= 4 is 29.4 Å². The standard InChI is InChI=1S/C29H23N3O5/c1-37-25-14-8-7-13-23(25)27-20(17-31(30-27)16-19-9-3-2-4-10-19)15-24-21-11-5-6-12-22(21)28(35)32(29(24)36)18-26(33)34/h2-15,17H,16,18H2,1H3,(H,33,34). The van der Waals surface area contributed by atoms with Crippen molar-refractivity contribution in [1.29, 1.82) is 0 Å². The molecule has 1 aromatic heterocycles. The average Bonchev–Trinajstić information content (AvgIpc) is 3.31. The molecule has 8 heteroatoms. The SMILES string of the molecule is COc1ccccc1-c1nn(Cc2ccccc2)cc1C=C1C(=O)N(CC(=O)O)C(=O)c2ccccc21. The van der Waals surface area contributed by atoms with E-state index in [4.69, 9.17) is 9.84 Å². The number of hydrogen-bond acceptors (Lipinski definition) is 5. The summed E-state index contributed by atoms with van der Waals surface area (Å²) in [5, 5.41) is 14.1. The molecular weight excluding hydrogens is 470 g/mol. The van der Waals surface area contributed by atoms with Crippen molar-refractivity contribution in [3.05, 3.63) is 107 Å². The highest BCUT2D eigenvalue weighted by Crippen LogP contribution is 2.35. The molecule has 0 aliphatic carbocycles. The monoisotopic (exact) mass is 493 g/mol. The van der Waals surface area contributed by atoms with Crippen LogP contribution in [-0.4, -0.2) is 51.2 Å². The Balaban J connectivity index is 1.68. The van der Waals surface area contributed by atoms with Gasteiger partial charge in [0.15, 0.2) is 0 Å². The summed E-state index contributed by atoms with van der Waals surface area (Å²) >= 11 is 0. The molecule has 184 valence electrons. The molecule has 0 spiro atoms. The molecule has 4 aromatic rings. The molecule has 8 nitrogen and oxygen atoms in total. The molecule has 3 aromatic carbocycles. The van der Waals surface area contributed by atoms with E-state index in [-0.39, 0.29) is 11.1 Å². The van der Waals surface area contributed by atoms with Gasteiger partial charge in [0.25, 0.3) is 11.8 Å². The van der Waals surface area contributed by atoms with Crippen LogP contribution in [0.2, 0.25) is 0 Å². The lowest BCUT2D eigenvalue weighted by Crippen LogP contribution is -2.44. The van der Waals surface area contributed by atoms with Gasteiger partial charge in [-0.05, 0) is 35.4 Å². The third-order valence-electron chi connectivity index (χ3n) is 6.10. The van der Waals surface area contributed by atoms with Gasteiger partial charge < -0.3 is 9.84 Å². The predicted molar refractivity (Wildman–Crippen MR) is 138 cm³/mol. The second-order valence-corrected chi connectivity index (χ2v) is 8.51. The predicted octanol–water partition coefficient (Wildman–Crippen LogP) is 4.21. The van der Waals surface area contributed by atoms with Crippen LogP contribution in [0.5, 0.6) is 5.75 Å². The van der Waals surface area contributed by atoms with E-state index in [1.54, 1.807) is 42.1 Å². The largest absolute Gasteiger partial charge is 0.496 e. The zero-order chi connectivity index (χ0) is 25.9. The number of imide groups is 1. The number of amides is 2. The fourth-order valence-corrected chi connectivity index (χ4v) is 4.42. The summed E-state index contributed by atoms with van der Waals surface area (Å²) in [5.74, 6) is -1.96. The van der Waals surface area contributed by atoms with Crippen molar-refractivity contribution in [2.45, 2.75) is 6.54 Å². The minimum Gasteiger partial charge on any atom is -0.496 e. The quantitative estimate of drug-likeness (QED) is 0.306. The van der Waals surface area contributed by atoms with Gasteiger partial charge in [-0.3, -0.25) is 24.0 Å². The van der Waals surface area contributed by atoms with Crippen molar-refractivity contribution in [1.82, 2.24) is 14.7 Å². The van der Waals surface area contributed by atoms with Gasteiger partial charge >= 0.3 is 5.97 Å². The molecule has 0 radical (unpaired) electrons. The topological polar surface area (TPSA) is 102 Å². The number of ether oxygens (including phenoxy) is 1. The average molecular weight is 494 g/mol. The molecule has 1 aliphatic heterocycles. The number of rotatable bonds is 7. The van der Waals surface area contributed by atoms with E-state index < -0.39 is 24.3 Å². The molecule has 0 saturated heterocycles. The van der Waals surface area contributed by atoms with Crippen molar-refractivity contribution < 1.29 is 24.2 Å². The molecule has 0 atom stereocenters. The van der Waals surface area contributed by atoms with E-state index in [0.717, 1.165) is 16.0 Å². The fourth-order valence-electron chi connectivity index (χ4n) is 4.42. The van der Waals surface area contributed by atoms with Gasteiger partial charge in [-0.2, -0.15) is 5.10 Å².